The first-order valence-electron chi connectivity index (χ1n) is 9.79. The van der Waals surface area contributed by atoms with Crippen molar-refractivity contribution in [2.45, 2.75) is 32.4 Å². The molecule has 0 fully saturated rings. The molecule has 0 saturated carbocycles. The Kier molecular flexibility index (Phi) is 6.08. The third kappa shape index (κ3) is 4.48. The summed E-state index contributed by atoms with van der Waals surface area (Å²) in [4.78, 5) is 38.0. The van der Waals surface area contributed by atoms with Gasteiger partial charge >= 0.3 is 5.97 Å². The molecule has 1 amide bonds. The number of hydrogen-bond donors (Lipinski definition) is 0. The van der Waals surface area contributed by atoms with Crippen LogP contribution < -0.4 is 5.56 Å². The first-order chi connectivity index (χ1) is 15.1. The number of aromatic nitrogens is 2. The average molecular weight is 440 g/mol. The van der Waals surface area contributed by atoms with Crippen molar-refractivity contribution in [1.29, 1.82) is 0 Å². The van der Waals surface area contributed by atoms with Crippen LogP contribution in [0.15, 0.2) is 62.4 Å². The van der Waals surface area contributed by atoms with Crippen molar-refractivity contribution in [3.05, 3.63) is 74.7 Å². The number of aryl methyl sites for hydroxylation is 1. The summed E-state index contributed by atoms with van der Waals surface area (Å²) in [7, 11) is 0. The van der Waals surface area contributed by atoms with Crippen LogP contribution in [-0.4, -0.2) is 39.0 Å². The van der Waals surface area contributed by atoms with Crippen molar-refractivity contribution < 1.29 is 18.7 Å². The Morgan fingerprint density at radius 3 is 2.84 bits per heavy atom. The summed E-state index contributed by atoms with van der Waals surface area (Å²) in [6.07, 6.45) is 2.73. The molecule has 31 heavy (non-hydrogen) atoms. The van der Waals surface area contributed by atoms with Crippen LogP contribution in [0.4, 0.5) is 0 Å². The van der Waals surface area contributed by atoms with E-state index >= 15 is 0 Å². The van der Waals surface area contributed by atoms with E-state index in [0.29, 0.717) is 25.1 Å². The van der Waals surface area contributed by atoms with E-state index in [9.17, 15) is 14.4 Å². The molecule has 0 aromatic carbocycles. The molecular formula is C21H20N4O5S. The number of rotatable bonds is 7. The number of furan rings is 1. The molecule has 1 aliphatic heterocycles. The van der Waals surface area contributed by atoms with E-state index < -0.39 is 24.5 Å². The van der Waals surface area contributed by atoms with Gasteiger partial charge in [-0.3, -0.25) is 9.59 Å². The lowest BCUT2D eigenvalue weighted by molar-refractivity contribution is -0.136. The molecule has 0 bridgehead atoms. The molecule has 160 valence electrons. The minimum atomic E-state index is -0.783. The summed E-state index contributed by atoms with van der Waals surface area (Å²) >= 11 is 1.53. The molecule has 0 N–H and O–H groups in total. The SMILES string of the molecule is CCCn1nc(C(=O)OCC(=O)N2N=C(c3cccs3)CC2c2ccco2)ccc1=O. The number of ether oxygens (including phenoxy) is 1. The molecule has 0 spiro atoms. The lowest BCUT2D eigenvalue weighted by Gasteiger charge is -2.19. The first kappa shape index (κ1) is 20.7. The van der Waals surface area contributed by atoms with Crippen LogP contribution in [0.1, 0.15) is 46.9 Å². The maximum atomic E-state index is 12.9. The zero-order valence-corrected chi connectivity index (χ0v) is 17.6. The highest BCUT2D eigenvalue weighted by Crippen LogP contribution is 2.34. The van der Waals surface area contributed by atoms with Gasteiger partial charge in [0.05, 0.1) is 16.9 Å². The average Bonchev–Trinajstić information content (AvgIpc) is 3.54. The minimum absolute atomic E-state index is 0.0346. The highest BCUT2D eigenvalue weighted by Gasteiger charge is 2.35. The fourth-order valence-electron chi connectivity index (χ4n) is 3.23. The van der Waals surface area contributed by atoms with Gasteiger partial charge in [0.25, 0.3) is 11.5 Å². The van der Waals surface area contributed by atoms with Crippen LogP contribution in [0.5, 0.6) is 0 Å². The van der Waals surface area contributed by atoms with Crippen LogP contribution in [0, 0.1) is 0 Å². The Morgan fingerprint density at radius 2 is 2.13 bits per heavy atom. The van der Waals surface area contributed by atoms with E-state index in [1.807, 2.05) is 24.4 Å². The van der Waals surface area contributed by atoms with Crippen LogP contribution >= 0.6 is 11.3 Å². The van der Waals surface area contributed by atoms with Crippen LogP contribution in [0.2, 0.25) is 0 Å². The quantitative estimate of drug-likeness (QED) is 0.523. The summed E-state index contributed by atoms with van der Waals surface area (Å²) in [5, 5.41) is 11.7. The molecule has 3 aromatic heterocycles. The van der Waals surface area contributed by atoms with Gasteiger partial charge in [0.2, 0.25) is 0 Å². The highest BCUT2D eigenvalue weighted by molar-refractivity contribution is 7.12. The van der Waals surface area contributed by atoms with Crippen molar-refractivity contribution in [1.82, 2.24) is 14.8 Å². The summed E-state index contributed by atoms with van der Waals surface area (Å²) in [5.74, 6) is -0.666. The number of esters is 1. The maximum Gasteiger partial charge on any atom is 0.359 e. The van der Waals surface area contributed by atoms with E-state index in [2.05, 4.69) is 10.2 Å². The van der Waals surface area contributed by atoms with E-state index in [1.165, 1.54) is 39.4 Å². The van der Waals surface area contributed by atoms with Gasteiger partial charge in [-0.1, -0.05) is 13.0 Å². The first-order valence-corrected chi connectivity index (χ1v) is 10.7. The Labute approximate surface area is 181 Å². The molecule has 0 radical (unpaired) electrons. The van der Waals surface area contributed by atoms with E-state index in [-0.39, 0.29) is 11.3 Å². The second-order valence-corrected chi connectivity index (χ2v) is 7.80. The van der Waals surface area contributed by atoms with Crippen molar-refractivity contribution in [2.24, 2.45) is 5.10 Å². The second-order valence-electron chi connectivity index (χ2n) is 6.85. The van der Waals surface area contributed by atoms with Gasteiger partial charge in [0, 0.05) is 19.0 Å². The van der Waals surface area contributed by atoms with Gasteiger partial charge in [-0.25, -0.2) is 14.5 Å². The molecule has 4 rings (SSSR count). The van der Waals surface area contributed by atoms with Gasteiger partial charge in [-0.05, 0) is 36.1 Å². The van der Waals surface area contributed by atoms with Crippen LogP contribution in [-0.2, 0) is 16.1 Å². The van der Waals surface area contributed by atoms with Crippen molar-refractivity contribution in [3.63, 3.8) is 0 Å². The third-order valence-electron chi connectivity index (χ3n) is 4.68. The molecular weight excluding hydrogens is 420 g/mol. The molecule has 1 unspecified atom stereocenters. The summed E-state index contributed by atoms with van der Waals surface area (Å²) < 4.78 is 11.9. The predicted octanol–water partition coefficient (Wildman–Crippen LogP) is 2.84. The number of amides is 1. The highest BCUT2D eigenvalue weighted by atomic mass is 32.1. The zero-order valence-electron chi connectivity index (χ0n) is 16.8. The molecule has 1 atom stereocenters. The number of hydrazone groups is 1. The van der Waals surface area contributed by atoms with E-state index in [0.717, 1.165) is 10.6 Å². The summed E-state index contributed by atoms with van der Waals surface area (Å²) in [6.45, 7) is 1.78. The van der Waals surface area contributed by atoms with Gasteiger partial charge in [0.1, 0.15) is 11.8 Å². The molecule has 0 aliphatic carbocycles. The predicted molar refractivity (Wildman–Crippen MR) is 113 cm³/mol. The standard InChI is InChI=1S/C21H20N4O5S/c1-2-9-24-19(26)8-7-14(22-24)21(28)30-13-20(27)25-16(17-5-3-10-29-17)12-15(23-25)18-6-4-11-31-18/h3-8,10-11,16H,2,9,12-13H2,1H3. The zero-order chi connectivity index (χ0) is 21.8. The lowest BCUT2D eigenvalue weighted by atomic mass is 10.1. The molecule has 10 heteroatoms. The van der Waals surface area contributed by atoms with Crippen molar-refractivity contribution in [3.8, 4) is 0 Å². The van der Waals surface area contributed by atoms with E-state index in [1.54, 1.807) is 12.1 Å². The molecule has 4 heterocycles. The Morgan fingerprint density at radius 1 is 1.26 bits per heavy atom. The minimum Gasteiger partial charge on any atom is -0.467 e. The van der Waals surface area contributed by atoms with Crippen LogP contribution in [0.25, 0.3) is 0 Å². The molecule has 3 aromatic rings. The van der Waals surface area contributed by atoms with Gasteiger partial charge in [-0.15, -0.1) is 11.3 Å². The lowest BCUT2D eigenvalue weighted by Crippen LogP contribution is -2.31. The monoisotopic (exact) mass is 440 g/mol. The van der Waals surface area contributed by atoms with Crippen molar-refractivity contribution in [2.75, 3.05) is 6.61 Å². The number of nitrogens with zero attached hydrogens (tertiary/aromatic N) is 4. The number of carbonyl (C=O) groups is 2. The molecule has 0 saturated heterocycles. The Hall–Kier alpha value is -3.53. The Balaban J connectivity index is 1.48. The largest absolute Gasteiger partial charge is 0.467 e. The summed E-state index contributed by atoms with van der Waals surface area (Å²) in [5.41, 5.74) is 0.431. The van der Waals surface area contributed by atoms with Gasteiger partial charge in [-0.2, -0.15) is 10.2 Å². The molecule has 1 aliphatic rings. The second kappa shape index (κ2) is 9.09. The van der Waals surface area contributed by atoms with Crippen LogP contribution in [0.3, 0.4) is 0 Å². The van der Waals surface area contributed by atoms with E-state index in [4.69, 9.17) is 9.15 Å². The van der Waals surface area contributed by atoms with Gasteiger partial charge in [0.15, 0.2) is 12.3 Å². The van der Waals surface area contributed by atoms with Gasteiger partial charge < -0.3 is 9.15 Å². The topological polar surface area (TPSA) is 107 Å². The maximum absolute atomic E-state index is 12.9. The Bertz CT molecular complexity index is 1150. The normalized spacial score (nSPS) is 15.7. The smallest absolute Gasteiger partial charge is 0.359 e. The number of carbonyl (C=O) groups excluding carboxylic acids is 2. The fourth-order valence-corrected chi connectivity index (χ4v) is 3.95. The fraction of sp³-hybridized carbons (Fsp3) is 0.286. The third-order valence-corrected chi connectivity index (χ3v) is 5.60. The number of hydrogen-bond acceptors (Lipinski definition) is 8. The molecule has 9 nitrogen and oxygen atoms in total. The van der Waals surface area contributed by atoms with Crippen molar-refractivity contribution >= 4 is 28.9 Å². The summed E-state index contributed by atoms with van der Waals surface area (Å²) in [6, 6.07) is 9.52. The number of thiophene rings is 1.